The zero-order valence-electron chi connectivity index (χ0n) is 11.5. The van der Waals surface area contributed by atoms with Crippen molar-refractivity contribution < 1.29 is 9.26 Å². The summed E-state index contributed by atoms with van der Waals surface area (Å²) in [5.74, 6) is 1.51. The Balaban J connectivity index is 2.00. The lowest BCUT2D eigenvalue weighted by Crippen LogP contribution is -2.39. The molecule has 0 aliphatic carbocycles. The van der Waals surface area contributed by atoms with E-state index in [1.54, 1.807) is 7.11 Å². The van der Waals surface area contributed by atoms with E-state index in [4.69, 9.17) is 9.26 Å². The Morgan fingerprint density at radius 1 is 1.50 bits per heavy atom. The van der Waals surface area contributed by atoms with Gasteiger partial charge < -0.3 is 14.6 Å². The molecule has 1 saturated heterocycles. The third-order valence-corrected chi connectivity index (χ3v) is 3.61. The van der Waals surface area contributed by atoms with Crippen molar-refractivity contribution in [1.29, 1.82) is 0 Å². The van der Waals surface area contributed by atoms with Crippen molar-refractivity contribution in [3.63, 3.8) is 0 Å². The number of nitrogens with zero attached hydrogens (tertiary/aromatic N) is 2. The first kappa shape index (κ1) is 13.5. The second-order valence-electron chi connectivity index (χ2n) is 5.62. The summed E-state index contributed by atoms with van der Waals surface area (Å²) in [4.78, 5) is 4.51. The molecule has 0 saturated carbocycles. The highest BCUT2D eigenvalue weighted by molar-refractivity contribution is 5.01. The van der Waals surface area contributed by atoms with E-state index in [1.165, 1.54) is 12.8 Å². The third-order valence-electron chi connectivity index (χ3n) is 3.61. The highest BCUT2D eigenvalue weighted by atomic mass is 16.5. The number of piperidine rings is 1. The molecule has 2 heterocycles. The molecule has 1 aliphatic heterocycles. The average molecular weight is 253 g/mol. The van der Waals surface area contributed by atoms with Crippen LogP contribution in [-0.4, -0.2) is 30.4 Å². The fraction of sp³-hybridized carbons (Fsp3) is 0.846. The highest BCUT2D eigenvalue weighted by Gasteiger charge is 2.36. The molecule has 102 valence electrons. The maximum Gasteiger partial charge on any atom is 0.244 e. The summed E-state index contributed by atoms with van der Waals surface area (Å²) in [6, 6.07) is 0.176. The minimum atomic E-state index is 0.175. The molecule has 1 atom stereocenters. The van der Waals surface area contributed by atoms with Gasteiger partial charge in [0.2, 0.25) is 5.89 Å². The van der Waals surface area contributed by atoms with Gasteiger partial charge in [-0.1, -0.05) is 19.0 Å². The number of hydrogen-bond donors (Lipinski definition) is 1. The highest BCUT2D eigenvalue weighted by Crippen LogP contribution is 2.39. The van der Waals surface area contributed by atoms with Crippen molar-refractivity contribution in [2.45, 2.75) is 45.6 Å². The molecule has 1 aliphatic rings. The molecule has 5 nitrogen and oxygen atoms in total. The van der Waals surface area contributed by atoms with Crippen LogP contribution >= 0.6 is 0 Å². The lowest BCUT2D eigenvalue weighted by molar-refractivity contribution is 0.146. The van der Waals surface area contributed by atoms with Gasteiger partial charge in [-0.3, -0.25) is 0 Å². The topological polar surface area (TPSA) is 60.2 Å². The first-order chi connectivity index (χ1) is 8.63. The Bertz CT molecular complexity index is 376. The summed E-state index contributed by atoms with van der Waals surface area (Å²) in [5.41, 5.74) is 0.175. The predicted molar refractivity (Wildman–Crippen MR) is 68.3 cm³/mol. The van der Waals surface area contributed by atoms with Crippen LogP contribution in [0.15, 0.2) is 4.52 Å². The van der Waals surface area contributed by atoms with Crippen LogP contribution in [0.1, 0.15) is 50.9 Å². The molecular weight excluding hydrogens is 230 g/mol. The molecule has 0 amide bonds. The van der Waals surface area contributed by atoms with Gasteiger partial charge in [0.15, 0.2) is 5.82 Å². The summed E-state index contributed by atoms with van der Waals surface area (Å²) in [5, 5.41) is 7.53. The normalized spacial score (nSPS) is 23.2. The Morgan fingerprint density at radius 2 is 2.33 bits per heavy atom. The molecule has 1 aromatic heterocycles. The van der Waals surface area contributed by atoms with Crippen molar-refractivity contribution in [3.05, 3.63) is 11.7 Å². The average Bonchev–Trinajstić information content (AvgIpc) is 2.77. The number of methoxy groups -OCH3 is 1. The van der Waals surface area contributed by atoms with Gasteiger partial charge in [0, 0.05) is 20.1 Å². The number of aryl methyl sites for hydroxylation is 1. The second kappa shape index (κ2) is 5.80. The van der Waals surface area contributed by atoms with Gasteiger partial charge in [-0.2, -0.15) is 4.98 Å². The van der Waals surface area contributed by atoms with Crippen molar-refractivity contribution in [2.75, 3.05) is 20.3 Å². The molecule has 0 radical (unpaired) electrons. The van der Waals surface area contributed by atoms with E-state index in [0.717, 1.165) is 37.7 Å². The molecule has 0 aromatic carbocycles. The van der Waals surface area contributed by atoms with Crippen LogP contribution in [-0.2, 0) is 11.2 Å². The molecule has 1 fully saturated rings. The second-order valence-corrected chi connectivity index (χ2v) is 5.62. The Morgan fingerprint density at radius 3 is 3.06 bits per heavy atom. The fourth-order valence-electron chi connectivity index (χ4n) is 2.49. The maximum absolute atomic E-state index is 5.41. The lowest BCUT2D eigenvalue weighted by Gasteiger charge is -2.36. The Labute approximate surface area is 108 Å². The Hall–Kier alpha value is -0.940. The van der Waals surface area contributed by atoms with E-state index >= 15 is 0 Å². The molecule has 18 heavy (non-hydrogen) atoms. The summed E-state index contributed by atoms with van der Waals surface area (Å²) in [6.45, 7) is 6.25. The van der Waals surface area contributed by atoms with E-state index in [2.05, 4.69) is 29.3 Å². The predicted octanol–water partition coefficient (Wildman–Crippen LogP) is 2.10. The van der Waals surface area contributed by atoms with Gasteiger partial charge in [-0.15, -0.1) is 0 Å². The van der Waals surface area contributed by atoms with Gasteiger partial charge in [0.05, 0.1) is 6.04 Å². The van der Waals surface area contributed by atoms with E-state index in [1.807, 2.05) is 0 Å². The summed E-state index contributed by atoms with van der Waals surface area (Å²) in [6.07, 6.45) is 4.13. The zero-order chi connectivity index (χ0) is 13.0. The number of hydrogen-bond acceptors (Lipinski definition) is 5. The maximum atomic E-state index is 5.41. The van der Waals surface area contributed by atoms with Crippen molar-refractivity contribution in [3.8, 4) is 0 Å². The van der Waals surface area contributed by atoms with Crippen molar-refractivity contribution >= 4 is 0 Å². The molecule has 0 bridgehead atoms. The monoisotopic (exact) mass is 253 g/mol. The van der Waals surface area contributed by atoms with Crippen LogP contribution < -0.4 is 5.32 Å². The van der Waals surface area contributed by atoms with Crippen LogP contribution in [0.4, 0.5) is 0 Å². The molecule has 1 N–H and O–H groups in total. The molecule has 1 aromatic rings. The van der Waals surface area contributed by atoms with Crippen molar-refractivity contribution in [2.24, 2.45) is 5.41 Å². The number of rotatable bonds is 5. The Kier molecular flexibility index (Phi) is 4.35. The number of ether oxygens (including phenoxy) is 1. The quantitative estimate of drug-likeness (QED) is 0.814. The first-order valence-electron chi connectivity index (χ1n) is 6.68. The third kappa shape index (κ3) is 3.09. The summed E-state index contributed by atoms with van der Waals surface area (Å²) in [7, 11) is 1.70. The van der Waals surface area contributed by atoms with Crippen LogP contribution in [0.25, 0.3) is 0 Å². The van der Waals surface area contributed by atoms with Crippen LogP contribution in [0.2, 0.25) is 0 Å². The van der Waals surface area contributed by atoms with E-state index in [0.29, 0.717) is 0 Å². The molecule has 1 unspecified atom stereocenters. The van der Waals surface area contributed by atoms with E-state index in [-0.39, 0.29) is 11.5 Å². The molecule has 0 spiro atoms. The van der Waals surface area contributed by atoms with Crippen LogP contribution in [0.3, 0.4) is 0 Å². The number of aromatic nitrogens is 2. The summed E-state index contributed by atoms with van der Waals surface area (Å²) < 4.78 is 10.4. The fourth-order valence-corrected chi connectivity index (χ4v) is 2.49. The number of nitrogens with one attached hydrogen (secondary N) is 1. The minimum absolute atomic E-state index is 0.175. The van der Waals surface area contributed by atoms with Gasteiger partial charge >= 0.3 is 0 Å². The first-order valence-corrected chi connectivity index (χ1v) is 6.68. The SMILES string of the molecule is COCCCc1noc(C2NCCCC2(C)C)n1. The largest absolute Gasteiger partial charge is 0.385 e. The molecular formula is C13H23N3O2. The standard InChI is InChI=1S/C13H23N3O2/c1-13(2)7-5-8-14-11(13)12-15-10(16-18-12)6-4-9-17-3/h11,14H,4-9H2,1-3H3. The van der Waals surface area contributed by atoms with Crippen LogP contribution in [0.5, 0.6) is 0 Å². The summed E-state index contributed by atoms with van der Waals surface area (Å²) >= 11 is 0. The van der Waals surface area contributed by atoms with Gasteiger partial charge in [0.25, 0.3) is 0 Å². The zero-order valence-corrected chi connectivity index (χ0v) is 11.5. The van der Waals surface area contributed by atoms with Crippen LogP contribution in [0, 0.1) is 5.41 Å². The smallest absolute Gasteiger partial charge is 0.244 e. The lowest BCUT2D eigenvalue weighted by atomic mass is 9.77. The van der Waals surface area contributed by atoms with Gasteiger partial charge in [-0.05, 0) is 31.2 Å². The molecule has 5 heteroatoms. The van der Waals surface area contributed by atoms with E-state index < -0.39 is 0 Å². The molecule has 2 rings (SSSR count). The van der Waals surface area contributed by atoms with E-state index in [9.17, 15) is 0 Å². The van der Waals surface area contributed by atoms with Gasteiger partial charge in [-0.25, -0.2) is 0 Å². The van der Waals surface area contributed by atoms with Crippen molar-refractivity contribution in [1.82, 2.24) is 15.5 Å². The van der Waals surface area contributed by atoms with Gasteiger partial charge in [0.1, 0.15) is 0 Å². The minimum Gasteiger partial charge on any atom is -0.385 e.